The van der Waals surface area contributed by atoms with Gasteiger partial charge in [-0.1, -0.05) is 29.8 Å². The first-order valence-corrected chi connectivity index (χ1v) is 5.55. The van der Waals surface area contributed by atoms with Gasteiger partial charge in [-0.25, -0.2) is 0 Å². The third-order valence-corrected chi connectivity index (χ3v) is 3.12. The third-order valence-electron chi connectivity index (χ3n) is 3.12. The average molecular weight is 206 g/mol. The van der Waals surface area contributed by atoms with Gasteiger partial charge in [0.15, 0.2) is 0 Å². The van der Waals surface area contributed by atoms with Crippen molar-refractivity contribution in [3.63, 3.8) is 0 Å². The van der Waals surface area contributed by atoms with Crippen LogP contribution in [0.25, 0.3) is 0 Å². The van der Waals surface area contributed by atoms with E-state index in [2.05, 4.69) is 6.92 Å². The van der Waals surface area contributed by atoms with Gasteiger partial charge in [0.05, 0.1) is 11.7 Å². The van der Waals surface area contributed by atoms with Crippen molar-refractivity contribution in [3.05, 3.63) is 35.4 Å². The fraction of sp³-hybridized carbons (Fsp3) is 0.538. The number of hydrogen-bond acceptors (Lipinski definition) is 2. The van der Waals surface area contributed by atoms with Crippen molar-refractivity contribution in [1.29, 1.82) is 0 Å². The molecule has 1 saturated carbocycles. The lowest BCUT2D eigenvalue weighted by atomic mass is 9.73. The monoisotopic (exact) mass is 206 g/mol. The van der Waals surface area contributed by atoms with E-state index in [0.29, 0.717) is 0 Å². The molecule has 0 atom stereocenters. The summed E-state index contributed by atoms with van der Waals surface area (Å²) in [6, 6.07) is 8.11. The molecule has 0 bridgehead atoms. The van der Waals surface area contributed by atoms with Crippen LogP contribution in [0.2, 0.25) is 0 Å². The van der Waals surface area contributed by atoms with Crippen molar-refractivity contribution in [1.82, 2.24) is 0 Å². The van der Waals surface area contributed by atoms with E-state index in [1.54, 1.807) is 0 Å². The summed E-state index contributed by atoms with van der Waals surface area (Å²) in [6.45, 7) is 4.77. The highest BCUT2D eigenvalue weighted by Gasteiger charge is 2.44. The molecule has 2 heteroatoms. The van der Waals surface area contributed by atoms with Crippen LogP contribution in [-0.4, -0.2) is 17.8 Å². The molecule has 0 heterocycles. The summed E-state index contributed by atoms with van der Waals surface area (Å²) < 4.78 is 5.46. The smallest absolute Gasteiger partial charge is 0.0946 e. The van der Waals surface area contributed by atoms with Crippen LogP contribution in [0.3, 0.4) is 0 Å². The number of ether oxygens (including phenoxy) is 1. The molecule has 15 heavy (non-hydrogen) atoms. The Labute approximate surface area is 90.9 Å². The largest absolute Gasteiger partial charge is 0.385 e. The Morgan fingerprint density at radius 1 is 1.33 bits per heavy atom. The summed E-state index contributed by atoms with van der Waals surface area (Å²) in [4.78, 5) is 0. The second-order valence-electron chi connectivity index (χ2n) is 4.38. The first-order valence-electron chi connectivity index (χ1n) is 5.55. The number of aryl methyl sites for hydroxylation is 1. The number of rotatable bonds is 3. The van der Waals surface area contributed by atoms with Gasteiger partial charge in [-0.15, -0.1) is 0 Å². The third kappa shape index (κ3) is 2.06. The van der Waals surface area contributed by atoms with Gasteiger partial charge in [0.1, 0.15) is 0 Å². The molecule has 0 radical (unpaired) electrons. The highest BCUT2D eigenvalue weighted by Crippen LogP contribution is 2.42. The number of aliphatic hydroxyl groups is 1. The van der Waals surface area contributed by atoms with Crippen molar-refractivity contribution in [2.24, 2.45) is 0 Å². The molecule has 0 aliphatic heterocycles. The standard InChI is InChI=1S/C13H18O2/c1-3-15-12-8-13(14,9-12)11-6-4-10(2)5-7-11/h4-7,12,14H,3,8-9H2,1-2H3. The number of hydrogen-bond donors (Lipinski definition) is 1. The Bertz CT molecular complexity index is 323. The minimum atomic E-state index is -0.645. The lowest BCUT2D eigenvalue weighted by molar-refractivity contribution is -0.142. The molecular formula is C13H18O2. The van der Waals surface area contributed by atoms with Gasteiger partial charge in [0.2, 0.25) is 0 Å². The molecule has 0 amide bonds. The van der Waals surface area contributed by atoms with Crippen LogP contribution in [0.5, 0.6) is 0 Å². The van der Waals surface area contributed by atoms with E-state index in [4.69, 9.17) is 4.74 Å². The van der Waals surface area contributed by atoms with Gasteiger partial charge in [0.25, 0.3) is 0 Å². The SMILES string of the molecule is CCOC1CC(O)(c2ccc(C)cc2)C1. The van der Waals surface area contributed by atoms with E-state index in [1.807, 2.05) is 31.2 Å². The van der Waals surface area contributed by atoms with Gasteiger partial charge in [-0.3, -0.25) is 0 Å². The Morgan fingerprint density at radius 3 is 2.47 bits per heavy atom. The van der Waals surface area contributed by atoms with Crippen molar-refractivity contribution in [2.75, 3.05) is 6.61 Å². The second-order valence-corrected chi connectivity index (χ2v) is 4.38. The van der Waals surface area contributed by atoms with Gasteiger partial charge < -0.3 is 9.84 Å². The molecule has 1 N–H and O–H groups in total. The van der Waals surface area contributed by atoms with Crippen LogP contribution in [0.4, 0.5) is 0 Å². The normalized spacial score (nSPS) is 29.9. The zero-order valence-corrected chi connectivity index (χ0v) is 9.36. The zero-order chi connectivity index (χ0) is 10.9. The Kier molecular flexibility index (Phi) is 2.81. The van der Waals surface area contributed by atoms with E-state index >= 15 is 0 Å². The Balaban J connectivity index is 2.03. The molecule has 1 aromatic rings. The quantitative estimate of drug-likeness (QED) is 0.822. The minimum absolute atomic E-state index is 0.237. The maximum absolute atomic E-state index is 10.3. The molecule has 1 fully saturated rings. The zero-order valence-electron chi connectivity index (χ0n) is 9.36. The van der Waals surface area contributed by atoms with E-state index in [9.17, 15) is 5.11 Å². The molecule has 2 nitrogen and oxygen atoms in total. The summed E-state index contributed by atoms with van der Waals surface area (Å²) in [7, 11) is 0. The fourth-order valence-corrected chi connectivity index (χ4v) is 2.15. The summed E-state index contributed by atoms with van der Waals surface area (Å²) in [5, 5.41) is 10.3. The van der Waals surface area contributed by atoms with Crippen molar-refractivity contribution in [3.8, 4) is 0 Å². The summed E-state index contributed by atoms with van der Waals surface area (Å²) in [5.74, 6) is 0. The Hall–Kier alpha value is -0.860. The van der Waals surface area contributed by atoms with Crippen LogP contribution in [0, 0.1) is 6.92 Å². The van der Waals surface area contributed by atoms with E-state index < -0.39 is 5.60 Å². The van der Waals surface area contributed by atoms with E-state index in [0.717, 1.165) is 25.0 Å². The predicted molar refractivity (Wildman–Crippen MR) is 59.7 cm³/mol. The van der Waals surface area contributed by atoms with Gasteiger partial charge in [-0.05, 0) is 19.4 Å². The number of benzene rings is 1. The topological polar surface area (TPSA) is 29.5 Å². The van der Waals surface area contributed by atoms with Crippen LogP contribution in [0.1, 0.15) is 30.9 Å². The molecule has 0 saturated heterocycles. The van der Waals surface area contributed by atoms with Crippen LogP contribution >= 0.6 is 0 Å². The lowest BCUT2D eigenvalue weighted by Gasteiger charge is -2.43. The predicted octanol–water partition coefficient (Wildman–Crippen LogP) is 2.38. The van der Waals surface area contributed by atoms with Gasteiger partial charge in [0, 0.05) is 19.4 Å². The maximum Gasteiger partial charge on any atom is 0.0946 e. The molecule has 82 valence electrons. The molecule has 1 aliphatic rings. The average Bonchev–Trinajstić information content (AvgIpc) is 2.16. The van der Waals surface area contributed by atoms with Crippen molar-refractivity contribution >= 4 is 0 Å². The minimum Gasteiger partial charge on any atom is -0.385 e. The molecular weight excluding hydrogens is 188 g/mol. The van der Waals surface area contributed by atoms with Crippen molar-refractivity contribution in [2.45, 2.75) is 38.4 Å². The molecule has 0 spiro atoms. The lowest BCUT2D eigenvalue weighted by Crippen LogP contribution is -2.45. The fourth-order valence-electron chi connectivity index (χ4n) is 2.15. The summed E-state index contributed by atoms with van der Waals surface area (Å²) in [6.07, 6.45) is 1.69. The maximum atomic E-state index is 10.3. The first kappa shape index (κ1) is 10.7. The summed E-state index contributed by atoms with van der Waals surface area (Å²) >= 11 is 0. The molecule has 0 unspecified atom stereocenters. The second kappa shape index (κ2) is 3.95. The van der Waals surface area contributed by atoms with Crippen LogP contribution in [-0.2, 0) is 10.3 Å². The van der Waals surface area contributed by atoms with Gasteiger partial charge in [-0.2, -0.15) is 0 Å². The summed E-state index contributed by atoms with van der Waals surface area (Å²) in [5.41, 5.74) is 1.60. The van der Waals surface area contributed by atoms with E-state index in [1.165, 1.54) is 5.56 Å². The molecule has 1 aromatic carbocycles. The highest BCUT2D eigenvalue weighted by atomic mass is 16.5. The van der Waals surface area contributed by atoms with Gasteiger partial charge >= 0.3 is 0 Å². The molecule has 1 aliphatic carbocycles. The van der Waals surface area contributed by atoms with Crippen LogP contribution in [0.15, 0.2) is 24.3 Å². The molecule has 2 rings (SSSR count). The molecule has 0 aromatic heterocycles. The highest BCUT2D eigenvalue weighted by molar-refractivity contribution is 5.29. The van der Waals surface area contributed by atoms with E-state index in [-0.39, 0.29) is 6.10 Å². The Morgan fingerprint density at radius 2 is 1.93 bits per heavy atom. The first-order chi connectivity index (χ1) is 7.14. The van der Waals surface area contributed by atoms with Crippen molar-refractivity contribution < 1.29 is 9.84 Å². The van der Waals surface area contributed by atoms with Crippen LogP contribution < -0.4 is 0 Å².